The van der Waals surface area contributed by atoms with Gasteiger partial charge >= 0.3 is 0 Å². The average Bonchev–Trinajstić information content (AvgIpc) is 3.44. The van der Waals surface area contributed by atoms with Gasteiger partial charge in [0.1, 0.15) is 0 Å². The largest absolute Gasteiger partial charge is 0.310 e. The summed E-state index contributed by atoms with van der Waals surface area (Å²) in [7, 11) is 0. The molecule has 0 aliphatic carbocycles. The molecule has 11 rings (SSSR count). The molecule has 0 aromatic heterocycles. The molecule has 0 saturated heterocycles. The van der Waals surface area contributed by atoms with Crippen LogP contribution in [0.1, 0.15) is 18.1 Å². The SMILES string of the molecule is C=Cc1cc(N(c2ccccc2)c2ccc(N(c3ccc(N(c4ccccc4)c4ccc5ccccc5c4)cc3)c3ccc(N(c4ccccc4)c4ccc5ccccc5c4)cc3)cc2)ccc1/C=C\C. The Labute approximate surface area is 417 Å². The van der Waals surface area contributed by atoms with Crippen LogP contribution in [-0.4, -0.2) is 0 Å². The van der Waals surface area contributed by atoms with Gasteiger partial charge in [-0.1, -0.05) is 146 Å². The molecular weight excluding hydrogens is 861 g/mol. The molecule has 0 unspecified atom stereocenters. The fourth-order valence-electron chi connectivity index (χ4n) is 9.61. The second-order valence-electron chi connectivity index (χ2n) is 17.5. The van der Waals surface area contributed by atoms with E-state index in [4.69, 9.17) is 0 Å². The fourth-order valence-corrected chi connectivity index (χ4v) is 9.61. The summed E-state index contributed by atoms with van der Waals surface area (Å²) >= 11 is 0. The molecule has 0 atom stereocenters. The van der Waals surface area contributed by atoms with Gasteiger partial charge in [0, 0.05) is 68.2 Å². The fraction of sp³-hybridized carbons (Fsp3) is 0.0149. The van der Waals surface area contributed by atoms with Gasteiger partial charge in [0.2, 0.25) is 0 Å². The topological polar surface area (TPSA) is 13.0 Å². The molecule has 0 amide bonds. The average molecular weight is 913 g/mol. The molecule has 0 bridgehead atoms. The minimum atomic E-state index is 1.03. The third-order valence-electron chi connectivity index (χ3n) is 13.0. The van der Waals surface area contributed by atoms with E-state index < -0.39 is 0 Å². The number of rotatable bonds is 14. The van der Waals surface area contributed by atoms with Gasteiger partial charge in [0.05, 0.1) is 0 Å². The minimum absolute atomic E-state index is 1.03. The maximum absolute atomic E-state index is 4.16. The highest BCUT2D eigenvalue weighted by molar-refractivity contribution is 5.92. The van der Waals surface area contributed by atoms with E-state index in [9.17, 15) is 0 Å². The van der Waals surface area contributed by atoms with Gasteiger partial charge in [0.15, 0.2) is 0 Å². The van der Waals surface area contributed by atoms with Crippen molar-refractivity contribution in [3.05, 3.63) is 291 Å². The van der Waals surface area contributed by atoms with E-state index in [1.807, 2.05) is 13.0 Å². The van der Waals surface area contributed by atoms with Crippen LogP contribution >= 0.6 is 0 Å². The number of fused-ring (bicyclic) bond motifs is 2. The van der Waals surface area contributed by atoms with E-state index in [-0.39, 0.29) is 0 Å². The van der Waals surface area contributed by atoms with E-state index in [0.29, 0.717) is 0 Å². The Balaban J connectivity index is 1.01. The predicted octanol–water partition coefficient (Wildman–Crippen LogP) is 19.5. The van der Waals surface area contributed by atoms with E-state index in [2.05, 4.69) is 305 Å². The molecule has 11 aromatic carbocycles. The predicted molar refractivity (Wildman–Crippen MR) is 305 cm³/mol. The maximum Gasteiger partial charge on any atom is 0.0468 e. The molecule has 0 saturated carbocycles. The smallest absolute Gasteiger partial charge is 0.0468 e. The van der Waals surface area contributed by atoms with Gasteiger partial charge in [0.25, 0.3) is 0 Å². The van der Waals surface area contributed by atoms with Gasteiger partial charge < -0.3 is 19.6 Å². The summed E-state index contributed by atoms with van der Waals surface area (Å²) in [5.74, 6) is 0. The molecule has 11 aromatic rings. The zero-order valence-corrected chi connectivity index (χ0v) is 39.6. The lowest BCUT2D eigenvalue weighted by molar-refractivity contribution is 1.24. The highest BCUT2D eigenvalue weighted by atomic mass is 15.2. The zero-order valence-electron chi connectivity index (χ0n) is 39.6. The third-order valence-corrected chi connectivity index (χ3v) is 13.0. The summed E-state index contributed by atoms with van der Waals surface area (Å²) in [6.07, 6.45) is 6.12. The monoisotopic (exact) mass is 912 g/mol. The van der Waals surface area contributed by atoms with Crippen molar-refractivity contribution < 1.29 is 0 Å². The number of anilines is 12. The van der Waals surface area contributed by atoms with Gasteiger partial charge in [-0.05, 0) is 185 Å². The molecule has 4 heteroatoms. The van der Waals surface area contributed by atoms with Crippen LogP contribution in [0.3, 0.4) is 0 Å². The van der Waals surface area contributed by atoms with Crippen molar-refractivity contribution in [1.82, 2.24) is 0 Å². The Morgan fingerprint density at radius 2 is 0.521 bits per heavy atom. The third kappa shape index (κ3) is 9.18. The summed E-state index contributed by atoms with van der Waals surface area (Å²) in [6.45, 7) is 6.20. The lowest BCUT2D eigenvalue weighted by Gasteiger charge is -2.30. The van der Waals surface area contributed by atoms with Crippen LogP contribution in [0.2, 0.25) is 0 Å². The van der Waals surface area contributed by atoms with Crippen LogP contribution in [0.4, 0.5) is 68.2 Å². The number of hydrogen-bond acceptors (Lipinski definition) is 4. The second-order valence-corrected chi connectivity index (χ2v) is 17.5. The van der Waals surface area contributed by atoms with Gasteiger partial charge in [-0.2, -0.15) is 0 Å². The van der Waals surface area contributed by atoms with Gasteiger partial charge in [-0.25, -0.2) is 0 Å². The Kier molecular flexibility index (Phi) is 12.5. The number of nitrogens with zero attached hydrogens (tertiary/aromatic N) is 4. The maximum atomic E-state index is 4.16. The molecule has 340 valence electrons. The van der Waals surface area contributed by atoms with E-state index in [1.54, 1.807) is 0 Å². The lowest BCUT2D eigenvalue weighted by Crippen LogP contribution is -2.14. The first-order valence-corrected chi connectivity index (χ1v) is 24.1. The van der Waals surface area contributed by atoms with E-state index in [0.717, 1.165) is 79.4 Å². The van der Waals surface area contributed by atoms with Crippen molar-refractivity contribution in [3.63, 3.8) is 0 Å². The first-order valence-electron chi connectivity index (χ1n) is 24.1. The zero-order chi connectivity index (χ0) is 47.9. The molecule has 71 heavy (non-hydrogen) atoms. The van der Waals surface area contributed by atoms with Crippen LogP contribution in [-0.2, 0) is 0 Å². The van der Waals surface area contributed by atoms with Crippen LogP contribution in [0.5, 0.6) is 0 Å². The van der Waals surface area contributed by atoms with Crippen LogP contribution in [0.15, 0.2) is 280 Å². The first kappa shape index (κ1) is 44.1. The van der Waals surface area contributed by atoms with Crippen LogP contribution in [0.25, 0.3) is 33.7 Å². The van der Waals surface area contributed by atoms with Crippen molar-refractivity contribution in [2.45, 2.75) is 6.92 Å². The Hall–Kier alpha value is -9.38. The number of hydrogen-bond donors (Lipinski definition) is 0. The van der Waals surface area contributed by atoms with Crippen molar-refractivity contribution >= 4 is 102 Å². The highest BCUT2D eigenvalue weighted by Crippen LogP contribution is 2.44. The van der Waals surface area contributed by atoms with Crippen molar-refractivity contribution in [3.8, 4) is 0 Å². The summed E-state index contributed by atoms with van der Waals surface area (Å²) in [6, 6.07) is 95.6. The number of allylic oxidation sites excluding steroid dienone is 1. The Bertz CT molecular complexity index is 3440. The molecule has 0 N–H and O–H groups in total. The van der Waals surface area contributed by atoms with E-state index in [1.165, 1.54) is 21.5 Å². The normalized spacial score (nSPS) is 11.2. The molecule has 0 aliphatic heterocycles. The highest BCUT2D eigenvalue weighted by Gasteiger charge is 2.20. The summed E-state index contributed by atoms with van der Waals surface area (Å²) < 4.78 is 0. The van der Waals surface area contributed by atoms with Crippen molar-refractivity contribution in [2.24, 2.45) is 0 Å². The Morgan fingerprint density at radius 1 is 0.254 bits per heavy atom. The molecule has 0 aliphatic rings. The van der Waals surface area contributed by atoms with Gasteiger partial charge in [-0.3, -0.25) is 0 Å². The molecule has 0 radical (unpaired) electrons. The summed E-state index contributed by atoms with van der Waals surface area (Å²) in [5.41, 5.74) is 15.0. The van der Waals surface area contributed by atoms with E-state index >= 15 is 0 Å². The Morgan fingerprint density at radius 3 is 0.859 bits per heavy atom. The number of benzene rings is 11. The number of para-hydroxylation sites is 3. The van der Waals surface area contributed by atoms with Crippen molar-refractivity contribution in [2.75, 3.05) is 19.6 Å². The molecule has 4 nitrogen and oxygen atoms in total. The molecule has 0 fully saturated rings. The summed E-state index contributed by atoms with van der Waals surface area (Å²) in [4.78, 5) is 9.31. The minimum Gasteiger partial charge on any atom is -0.310 e. The first-order chi connectivity index (χ1) is 35.1. The second kappa shape index (κ2) is 20.1. The van der Waals surface area contributed by atoms with Crippen LogP contribution in [0, 0.1) is 0 Å². The molecule has 0 spiro atoms. The van der Waals surface area contributed by atoms with Gasteiger partial charge in [-0.15, -0.1) is 0 Å². The summed E-state index contributed by atoms with van der Waals surface area (Å²) in [5, 5.41) is 4.83. The quantitative estimate of drug-likeness (QED) is 0.108. The van der Waals surface area contributed by atoms with Crippen LogP contribution < -0.4 is 19.6 Å². The standard InChI is InChI=1S/C67H52N4/c1-3-18-51-29-32-65(47-50(51)4-2)69(56-23-8-5-9-24-56)62-41-35-59(36-42-62)68(60-37-43-63(44-38-60)70(57-25-10-6-11-26-57)66-33-30-52-19-14-16-21-54(52)48-66)61-39-45-64(46-40-61)71(58-27-12-7-13-28-58)67-34-31-53-20-15-17-22-55(53)49-67/h3-49H,2H2,1H3/b18-3-. The molecular formula is C67H52N4. The lowest BCUT2D eigenvalue weighted by atomic mass is 10.0. The van der Waals surface area contributed by atoms with Crippen molar-refractivity contribution in [1.29, 1.82) is 0 Å². The molecule has 0 heterocycles.